The molecule has 0 saturated heterocycles. The second-order valence-corrected chi connectivity index (χ2v) is 14.5. The Hall–Kier alpha value is -2.52. The predicted octanol–water partition coefficient (Wildman–Crippen LogP) is 10.2. The van der Waals surface area contributed by atoms with Gasteiger partial charge < -0.3 is 9.09 Å². The molecule has 5 rings (SSSR count). The first-order valence-electron chi connectivity index (χ1n) is 12.1. The van der Waals surface area contributed by atoms with Gasteiger partial charge in [0.2, 0.25) is 0 Å². The Morgan fingerprint density at radius 2 is 1.58 bits per heavy atom. The van der Waals surface area contributed by atoms with Crippen LogP contribution in [0.3, 0.4) is 0 Å². The first kappa shape index (κ1) is 25.1. The van der Waals surface area contributed by atoms with Crippen LogP contribution in [0.5, 0.6) is 5.75 Å². The molecule has 0 aliphatic heterocycles. The summed E-state index contributed by atoms with van der Waals surface area (Å²) in [7, 11) is -2.69. The molecule has 0 unspecified atom stereocenters. The van der Waals surface area contributed by atoms with E-state index in [4.69, 9.17) is 20.9 Å². The standard InChI is InChI=1S/C30H29BrClN2OP/c1-5-34-28-16-9-6-13-24(28)25-20-23(17-18-29(25)34)36(30(2,3)4,33-27-15-8-7-14-26(27)32)35-22-12-10-11-21(31)19-22/h6-20H,5H2,1-4H3/t36-/m0/s1. The van der Waals surface area contributed by atoms with Gasteiger partial charge in [-0.15, -0.1) is 0 Å². The van der Waals surface area contributed by atoms with Gasteiger partial charge in [0.15, 0.2) is 7.28 Å². The van der Waals surface area contributed by atoms with Crippen molar-refractivity contribution in [3.8, 4) is 5.75 Å². The van der Waals surface area contributed by atoms with Crippen molar-refractivity contribution < 1.29 is 4.52 Å². The van der Waals surface area contributed by atoms with Crippen molar-refractivity contribution in [2.45, 2.75) is 39.4 Å². The van der Waals surface area contributed by atoms with Crippen molar-refractivity contribution in [1.82, 2.24) is 4.57 Å². The Balaban J connectivity index is 1.87. The summed E-state index contributed by atoms with van der Waals surface area (Å²) in [4.78, 5) is 0. The number of nitrogens with zero attached hydrogens (tertiary/aromatic N) is 2. The summed E-state index contributed by atoms with van der Waals surface area (Å²) in [6.45, 7) is 9.71. The molecule has 1 heterocycles. The normalized spacial score (nSPS) is 13.6. The van der Waals surface area contributed by atoms with Gasteiger partial charge in [0.05, 0.1) is 10.7 Å². The lowest BCUT2D eigenvalue weighted by Gasteiger charge is -2.37. The third kappa shape index (κ3) is 4.41. The fourth-order valence-corrected chi connectivity index (χ4v) is 8.44. The summed E-state index contributed by atoms with van der Waals surface area (Å²) in [5, 5.41) is 3.84. The molecule has 6 heteroatoms. The molecule has 0 spiro atoms. The average molecular weight is 580 g/mol. The summed E-state index contributed by atoms with van der Waals surface area (Å²) in [5.41, 5.74) is 3.20. The zero-order valence-electron chi connectivity index (χ0n) is 20.9. The van der Waals surface area contributed by atoms with Gasteiger partial charge in [-0.2, -0.15) is 0 Å². The summed E-state index contributed by atoms with van der Waals surface area (Å²) in [6, 6.07) is 31.1. The van der Waals surface area contributed by atoms with Crippen LogP contribution in [0.25, 0.3) is 21.8 Å². The maximum Gasteiger partial charge on any atom is 0.173 e. The van der Waals surface area contributed by atoms with E-state index in [1.807, 2.05) is 48.5 Å². The van der Waals surface area contributed by atoms with Crippen molar-refractivity contribution >= 4 is 67.6 Å². The van der Waals surface area contributed by atoms with E-state index in [1.165, 1.54) is 21.8 Å². The van der Waals surface area contributed by atoms with E-state index in [0.717, 1.165) is 27.8 Å². The number of benzene rings is 4. The minimum Gasteiger partial charge on any atom is -0.455 e. The zero-order chi connectivity index (χ0) is 25.5. The number of halogens is 2. The van der Waals surface area contributed by atoms with Crippen LogP contribution in [0, 0.1) is 0 Å². The molecule has 0 radical (unpaired) electrons. The van der Waals surface area contributed by atoms with E-state index in [-0.39, 0.29) is 5.16 Å². The number of rotatable bonds is 5. The van der Waals surface area contributed by atoms with Crippen molar-refractivity contribution in [1.29, 1.82) is 0 Å². The van der Waals surface area contributed by atoms with Crippen LogP contribution in [0.4, 0.5) is 5.69 Å². The topological polar surface area (TPSA) is 26.5 Å². The second kappa shape index (κ2) is 9.74. The summed E-state index contributed by atoms with van der Waals surface area (Å²) >= 11 is 10.3. The van der Waals surface area contributed by atoms with Gasteiger partial charge in [-0.05, 0) is 61.5 Å². The van der Waals surface area contributed by atoms with Gasteiger partial charge in [0, 0.05) is 43.3 Å². The second-order valence-electron chi connectivity index (χ2n) is 9.81. The van der Waals surface area contributed by atoms with E-state index < -0.39 is 7.28 Å². The summed E-state index contributed by atoms with van der Waals surface area (Å²) in [5.74, 6) is 0.777. The lowest BCUT2D eigenvalue weighted by Crippen LogP contribution is -2.27. The molecule has 0 N–H and O–H groups in total. The monoisotopic (exact) mass is 578 g/mol. The Labute approximate surface area is 226 Å². The molecular formula is C30H29BrClN2OP. The molecular weight excluding hydrogens is 551 g/mol. The fourth-order valence-electron chi connectivity index (χ4n) is 4.74. The van der Waals surface area contributed by atoms with Crippen LogP contribution in [0.1, 0.15) is 27.7 Å². The first-order valence-corrected chi connectivity index (χ1v) is 14.9. The van der Waals surface area contributed by atoms with Gasteiger partial charge in [-0.25, -0.2) is 4.74 Å². The molecule has 0 amide bonds. The molecule has 0 saturated carbocycles. The molecule has 36 heavy (non-hydrogen) atoms. The highest BCUT2D eigenvalue weighted by atomic mass is 79.9. The van der Waals surface area contributed by atoms with Crippen molar-refractivity contribution in [2.75, 3.05) is 0 Å². The Kier molecular flexibility index (Phi) is 6.80. The molecule has 3 nitrogen and oxygen atoms in total. The average Bonchev–Trinajstić information content (AvgIpc) is 3.17. The molecule has 0 fully saturated rings. The van der Waals surface area contributed by atoms with Crippen LogP contribution in [-0.4, -0.2) is 9.72 Å². The number of aryl methyl sites for hydroxylation is 1. The van der Waals surface area contributed by atoms with Crippen LogP contribution in [0.15, 0.2) is 100 Å². The molecule has 1 aromatic heterocycles. The van der Waals surface area contributed by atoms with Gasteiger partial charge in [-0.1, -0.05) is 84.7 Å². The van der Waals surface area contributed by atoms with Gasteiger partial charge >= 0.3 is 0 Å². The Morgan fingerprint density at radius 1 is 0.861 bits per heavy atom. The van der Waals surface area contributed by atoms with E-state index in [1.54, 1.807) is 0 Å². The molecule has 0 aliphatic carbocycles. The quantitative estimate of drug-likeness (QED) is 0.190. The first-order chi connectivity index (χ1) is 17.2. The summed E-state index contributed by atoms with van der Waals surface area (Å²) < 4.78 is 15.8. The molecule has 0 bridgehead atoms. The number of hydrogen-bond donors (Lipinski definition) is 0. The van der Waals surface area contributed by atoms with E-state index in [9.17, 15) is 0 Å². The van der Waals surface area contributed by atoms with Crippen molar-refractivity contribution in [3.05, 3.63) is 100 Å². The summed E-state index contributed by atoms with van der Waals surface area (Å²) in [6.07, 6.45) is 0. The Morgan fingerprint density at radius 3 is 2.31 bits per heavy atom. The van der Waals surface area contributed by atoms with Crippen LogP contribution >= 0.6 is 34.8 Å². The van der Waals surface area contributed by atoms with Crippen LogP contribution in [-0.2, 0) is 6.54 Å². The highest BCUT2D eigenvalue weighted by molar-refractivity contribution is 9.10. The Bertz CT molecular complexity index is 1630. The van der Waals surface area contributed by atoms with Gasteiger partial charge in [0.1, 0.15) is 5.75 Å². The van der Waals surface area contributed by atoms with Gasteiger partial charge in [-0.3, -0.25) is 0 Å². The maximum atomic E-state index is 7.04. The largest absolute Gasteiger partial charge is 0.455 e. The molecule has 4 aromatic carbocycles. The van der Waals surface area contributed by atoms with Crippen LogP contribution < -0.4 is 9.83 Å². The smallest absolute Gasteiger partial charge is 0.173 e. The minimum absolute atomic E-state index is 0.314. The highest BCUT2D eigenvalue weighted by Gasteiger charge is 2.39. The van der Waals surface area contributed by atoms with E-state index in [2.05, 4.69) is 90.7 Å². The molecule has 184 valence electrons. The van der Waals surface area contributed by atoms with Crippen molar-refractivity contribution in [3.63, 3.8) is 0 Å². The number of para-hydroxylation sites is 1. The minimum atomic E-state index is -2.69. The third-order valence-electron chi connectivity index (χ3n) is 6.47. The maximum absolute atomic E-state index is 7.04. The fraction of sp³-hybridized carbons (Fsp3) is 0.200. The van der Waals surface area contributed by atoms with Crippen molar-refractivity contribution in [2.24, 2.45) is 4.74 Å². The predicted molar refractivity (Wildman–Crippen MR) is 160 cm³/mol. The number of fused-ring (bicyclic) bond motifs is 3. The lowest BCUT2D eigenvalue weighted by molar-refractivity contribution is 0.571. The molecule has 0 aliphatic rings. The van der Waals surface area contributed by atoms with E-state index >= 15 is 0 Å². The zero-order valence-corrected chi connectivity index (χ0v) is 24.1. The molecule has 5 aromatic rings. The van der Waals surface area contributed by atoms with E-state index in [0.29, 0.717) is 5.02 Å². The number of hydrogen-bond acceptors (Lipinski definition) is 2. The number of aromatic nitrogens is 1. The van der Waals surface area contributed by atoms with Gasteiger partial charge in [0.25, 0.3) is 0 Å². The lowest BCUT2D eigenvalue weighted by atomic mass is 10.1. The van der Waals surface area contributed by atoms with Crippen LogP contribution in [0.2, 0.25) is 5.02 Å². The highest BCUT2D eigenvalue weighted by Crippen LogP contribution is 2.62. The third-order valence-corrected chi connectivity index (χ3v) is 11.0. The SMILES string of the molecule is CCn1c2ccccc2c2cc([P@](=Nc3ccccc3Cl)(Oc3cccc(Br)c3)C(C)(C)C)ccc21. The molecule has 1 atom stereocenters.